The van der Waals surface area contributed by atoms with Crippen LogP contribution in [-0.2, 0) is 26.1 Å². The molecule has 2 aliphatic rings. The van der Waals surface area contributed by atoms with E-state index in [-0.39, 0.29) is 0 Å². The molecule has 0 spiro atoms. The zero-order valence-corrected chi connectivity index (χ0v) is 19.6. The molecule has 1 amide bonds. The fourth-order valence-corrected chi connectivity index (χ4v) is 5.13. The van der Waals surface area contributed by atoms with E-state index in [4.69, 9.17) is 14.2 Å². The van der Waals surface area contributed by atoms with E-state index in [2.05, 4.69) is 10.2 Å². The molecule has 0 saturated carbocycles. The van der Waals surface area contributed by atoms with Gasteiger partial charge in [-0.15, -0.1) is 0 Å². The Hall–Kier alpha value is -2.98. The third-order valence-electron chi connectivity index (χ3n) is 5.65. The fraction of sp³-hybridized carbons (Fsp3) is 0.435. The van der Waals surface area contributed by atoms with Crippen LogP contribution in [0.1, 0.15) is 12.5 Å². The van der Waals surface area contributed by atoms with E-state index < -0.39 is 22.0 Å². The Morgan fingerprint density at radius 1 is 1.03 bits per heavy atom. The fourth-order valence-electron chi connectivity index (χ4n) is 3.96. The van der Waals surface area contributed by atoms with Crippen LogP contribution in [0.2, 0.25) is 0 Å². The van der Waals surface area contributed by atoms with Crippen LogP contribution in [0.5, 0.6) is 11.5 Å². The largest absolute Gasteiger partial charge is 0.486 e. The van der Waals surface area contributed by atoms with E-state index in [9.17, 15) is 13.2 Å². The van der Waals surface area contributed by atoms with Crippen LogP contribution < -0.4 is 24.0 Å². The van der Waals surface area contributed by atoms with Crippen LogP contribution in [0, 0.1) is 0 Å². The summed E-state index contributed by atoms with van der Waals surface area (Å²) in [6.45, 7) is 5.83. The Kier molecular flexibility index (Phi) is 6.94. The lowest BCUT2D eigenvalue weighted by Crippen LogP contribution is -2.47. The highest BCUT2D eigenvalue weighted by Crippen LogP contribution is 2.35. The van der Waals surface area contributed by atoms with Gasteiger partial charge in [0.15, 0.2) is 11.5 Å². The lowest BCUT2D eigenvalue weighted by atomic mass is 10.1. The third-order valence-corrected chi connectivity index (χ3v) is 6.89. The molecule has 0 unspecified atom stereocenters. The van der Waals surface area contributed by atoms with Crippen molar-refractivity contribution in [2.45, 2.75) is 19.5 Å². The second-order valence-corrected chi connectivity index (χ2v) is 9.91. The number of fused-ring (bicyclic) bond motifs is 1. The summed E-state index contributed by atoms with van der Waals surface area (Å²) in [5, 5.41) is 2.85. The molecule has 178 valence electrons. The summed E-state index contributed by atoms with van der Waals surface area (Å²) >= 11 is 0. The van der Waals surface area contributed by atoms with Crippen LogP contribution in [0.3, 0.4) is 0 Å². The quantitative estimate of drug-likeness (QED) is 0.652. The van der Waals surface area contributed by atoms with Crippen LogP contribution in [-0.4, -0.2) is 66.1 Å². The molecule has 0 aliphatic carbocycles. The van der Waals surface area contributed by atoms with Gasteiger partial charge in [0.2, 0.25) is 15.9 Å². The number of hydrogen-bond acceptors (Lipinski definition) is 7. The first-order valence-electron chi connectivity index (χ1n) is 10.9. The first kappa shape index (κ1) is 23.2. The third kappa shape index (κ3) is 5.51. The predicted octanol–water partition coefficient (Wildman–Crippen LogP) is 1.77. The molecule has 4 rings (SSSR count). The SMILES string of the molecule is C[C@H](C(=O)NCc1ccc(N2CCOCC2)cc1)N(c1ccc2c(c1)OCCO2)S(C)(=O)=O. The maximum atomic E-state index is 12.9. The maximum Gasteiger partial charge on any atom is 0.243 e. The molecule has 0 radical (unpaired) electrons. The van der Waals surface area contributed by atoms with Gasteiger partial charge in [-0.1, -0.05) is 12.1 Å². The van der Waals surface area contributed by atoms with E-state index in [1.807, 2.05) is 24.3 Å². The second-order valence-electron chi connectivity index (χ2n) is 8.05. The van der Waals surface area contributed by atoms with Crippen molar-refractivity contribution in [1.29, 1.82) is 0 Å². The van der Waals surface area contributed by atoms with E-state index >= 15 is 0 Å². The highest BCUT2D eigenvalue weighted by atomic mass is 32.2. The minimum Gasteiger partial charge on any atom is -0.486 e. The van der Waals surface area contributed by atoms with E-state index in [0.29, 0.717) is 36.9 Å². The summed E-state index contributed by atoms with van der Waals surface area (Å²) in [6.07, 6.45) is 1.08. The Morgan fingerprint density at radius 2 is 1.70 bits per heavy atom. The van der Waals surface area contributed by atoms with Crippen molar-refractivity contribution in [3.8, 4) is 11.5 Å². The number of carbonyl (C=O) groups is 1. The normalized spacial score (nSPS) is 16.7. The molecule has 1 saturated heterocycles. The number of amides is 1. The van der Waals surface area contributed by atoms with Crippen molar-refractivity contribution >= 4 is 27.3 Å². The minimum atomic E-state index is -3.73. The monoisotopic (exact) mass is 475 g/mol. The number of sulfonamides is 1. The summed E-state index contributed by atoms with van der Waals surface area (Å²) < 4.78 is 42.7. The van der Waals surface area contributed by atoms with E-state index in [1.165, 1.54) is 0 Å². The van der Waals surface area contributed by atoms with Gasteiger partial charge in [-0.05, 0) is 36.8 Å². The number of ether oxygens (including phenoxy) is 3. The molecule has 1 atom stereocenters. The molecule has 2 aromatic rings. The van der Waals surface area contributed by atoms with Gasteiger partial charge in [-0.2, -0.15) is 0 Å². The Morgan fingerprint density at radius 3 is 2.36 bits per heavy atom. The second kappa shape index (κ2) is 9.88. The molecule has 2 aliphatic heterocycles. The van der Waals surface area contributed by atoms with Gasteiger partial charge >= 0.3 is 0 Å². The van der Waals surface area contributed by atoms with Gasteiger partial charge in [0.1, 0.15) is 19.3 Å². The first-order chi connectivity index (χ1) is 15.8. The van der Waals surface area contributed by atoms with Crippen molar-refractivity contribution in [3.05, 3.63) is 48.0 Å². The van der Waals surface area contributed by atoms with Gasteiger partial charge in [-0.25, -0.2) is 8.42 Å². The lowest BCUT2D eigenvalue weighted by Gasteiger charge is -2.29. The Balaban J connectivity index is 1.43. The van der Waals surface area contributed by atoms with Crippen molar-refractivity contribution in [3.63, 3.8) is 0 Å². The average Bonchev–Trinajstić information content (AvgIpc) is 2.82. The standard InChI is InChI=1S/C23H29N3O6S/c1-17(26(33(2,28)29)20-7-8-21-22(15-20)32-14-13-31-21)23(27)24-16-18-3-5-19(6-4-18)25-9-11-30-12-10-25/h3-8,15,17H,9-14,16H2,1-2H3,(H,24,27)/t17-/m1/s1. The highest BCUT2D eigenvalue weighted by Gasteiger charge is 2.30. The maximum absolute atomic E-state index is 12.9. The zero-order valence-electron chi connectivity index (χ0n) is 18.8. The molecule has 33 heavy (non-hydrogen) atoms. The molecular weight excluding hydrogens is 446 g/mol. The number of benzene rings is 2. The number of anilines is 2. The van der Waals surface area contributed by atoms with Crippen LogP contribution in [0.4, 0.5) is 11.4 Å². The van der Waals surface area contributed by atoms with Crippen molar-refractivity contribution in [2.75, 3.05) is 55.0 Å². The predicted molar refractivity (Wildman–Crippen MR) is 126 cm³/mol. The Bertz CT molecular complexity index is 1080. The Labute approximate surface area is 194 Å². The van der Waals surface area contributed by atoms with Gasteiger partial charge < -0.3 is 24.4 Å². The summed E-state index contributed by atoms with van der Waals surface area (Å²) in [6, 6.07) is 11.9. The minimum absolute atomic E-state index is 0.297. The van der Waals surface area contributed by atoms with Crippen molar-refractivity contribution in [1.82, 2.24) is 5.32 Å². The summed E-state index contributed by atoms with van der Waals surface area (Å²) in [5.74, 6) is 0.615. The van der Waals surface area contributed by atoms with Gasteiger partial charge in [0.25, 0.3) is 0 Å². The molecule has 2 aromatic carbocycles. The van der Waals surface area contributed by atoms with Crippen LogP contribution in [0.25, 0.3) is 0 Å². The average molecular weight is 476 g/mol. The topological polar surface area (TPSA) is 97.4 Å². The zero-order chi connectivity index (χ0) is 23.4. The number of nitrogens with zero attached hydrogens (tertiary/aromatic N) is 2. The van der Waals surface area contributed by atoms with Gasteiger partial charge in [0, 0.05) is 31.4 Å². The molecule has 9 nitrogen and oxygen atoms in total. The van der Waals surface area contributed by atoms with Crippen molar-refractivity contribution in [2.24, 2.45) is 0 Å². The van der Waals surface area contributed by atoms with Crippen LogP contribution in [0.15, 0.2) is 42.5 Å². The molecule has 1 N–H and O–H groups in total. The first-order valence-corrected chi connectivity index (χ1v) is 12.8. The summed E-state index contributed by atoms with van der Waals surface area (Å²) in [5.41, 5.74) is 2.39. The number of carbonyl (C=O) groups excluding carboxylic acids is 1. The highest BCUT2D eigenvalue weighted by molar-refractivity contribution is 7.92. The molecule has 0 aromatic heterocycles. The smallest absolute Gasteiger partial charge is 0.243 e. The van der Waals surface area contributed by atoms with Crippen LogP contribution >= 0.6 is 0 Å². The number of rotatable bonds is 7. The van der Waals surface area contributed by atoms with E-state index in [0.717, 1.165) is 48.1 Å². The van der Waals surface area contributed by atoms with Gasteiger partial charge in [0.05, 0.1) is 25.2 Å². The molecule has 10 heteroatoms. The molecule has 0 bridgehead atoms. The summed E-state index contributed by atoms with van der Waals surface area (Å²) in [7, 11) is -3.73. The molecular formula is C23H29N3O6S. The lowest BCUT2D eigenvalue weighted by molar-refractivity contribution is -0.122. The number of morpholine rings is 1. The van der Waals surface area contributed by atoms with E-state index in [1.54, 1.807) is 25.1 Å². The number of nitrogens with one attached hydrogen (secondary N) is 1. The van der Waals surface area contributed by atoms with Gasteiger partial charge in [-0.3, -0.25) is 9.10 Å². The molecule has 1 fully saturated rings. The van der Waals surface area contributed by atoms with Crippen molar-refractivity contribution < 1.29 is 27.4 Å². The number of hydrogen-bond donors (Lipinski definition) is 1. The molecule has 2 heterocycles. The summed E-state index contributed by atoms with van der Waals surface area (Å²) in [4.78, 5) is 15.1.